The Kier molecular flexibility index (Phi) is 16.5. The van der Waals surface area contributed by atoms with Crippen LogP contribution in [-0.2, 0) is 14.3 Å². The summed E-state index contributed by atoms with van der Waals surface area (Å²) in [5.41, 5.74) is 5.11. The Morgan fingerprint density at radius 2 is 1.49 bits per heavy atom. The molecule has 0 aliphatic rings. The lowest BCUT2D eigenvalue weighted by molar-refractivity contribution is -0.134. The number of hydrogen-bond acceptors (Lipinski definition) is 7. The number of rotatable bonds is 15. The van der Waals surface area contributed by atoms with Gasteiger partial charge in [-0.3, -0.25) is 4.79 Å². The zero-order chi connectivity index (χ0) is 34.9. The molecule has 3 rings (SSSR count). The van der Waals surface area contributed by atoms with Gasteiger partial charge in [-0.05, 0) is 73.1 Å². The summed E-state index contributed by atoms with van der Waals surface area (Å²) >= 11 is 0. The van der Waals surface area contributed by atoms with Crippen LogP contribution in [0.3, 0.4) is 0 Å². The molecule has 7 heteroatoms. The Bertz CT molecular complexity index is 1490. The van der Waals surface area contributed by atoms with Gasteiger partial charge in [0.15, 0.2) is 5.78 Å². The summed E-state index contributed by atoms with van der Waals surface area (Å²) in [6.07, 6.45) is 7.36. The normalized spacial score (nSPS) is 10.9. The van der Waals surface area contributed by atoms with Gasteiger partial charge in [-0.25, -0.2) is 9.59 Å². The number of carbonyl (C=O) groups is 3. The van der Waals surface area contributed by atoms with Crippen LogP contribution < -0.4 is 4.90 Å². The van der Waals surface area contributed by atoms with Gasteiger partial charge in [-0.1, -0.05) is 90.3 Å². The van der Waals surface area contributed by atoms with Crippen molar-refractivity contribution in [3.63, 3.8) is 0 Å². The fourth-order valence-electron chi connectivity index (χ4n) is 5.12. The van der Waals surface area contributed by atoms with Crippen molar-refractivity contribution in [2.75, 3.05) is 31.7 Å². The topological polar surface area (TPSA) is 93.1 Å². The molecule has 0 fully saturated rings. The monoisotopic (exact) mass is 643 g/mol. The van der Waals surface area contributed by atoms with Crippen LogP contribution >= 0.6 is 0 Å². The average molecular weight is 644 g/mol. The standard InChI is InChI=1S/C24H31NO4.C16H22O2/c1-4-7-8-11-16-29-24(28)20-13-10-9-12-19(20)23(27)21-15-14-18(17-22(21)26)25(5-2)6-3;1-11(2)13-6-8-15(12(3)4)14(10-13)7-9-16(17)18-5/h9-10,12-15,17,26H,4-8,11,16H2,1-3H3;6-12H,1-5H3. The first kappa shape index (κ1) is 38.8. The zero-order valence-electron chi connectivity index (χ0n) is 29.5. The molecule has 0 bridgehead atoms. The van der Waals surface area contributed by atoms with Crippen molar-refractivity contribution in [2.45, 2.75) is 86.0 Å². The van der Waals surface area contributed by atoms with Crippen LogP contribution in [0.1, 0.15) is 129 Å². The summed E-state index contributed by atoms with van der Waals surface area (Å²) in [5.74, 6) is -0.404. The minimum atomic E-state index is -0.510. The summed E-state index contributed by atoms with van der Waals surface area (Å²) in [7, 11) is 1.39. The molecule has 3 aromatic rings. The van der Waals surface area contributed by atoms with Crippen LogP contribution in [0.5, 0.6) is 5.75 Å². The van der Waals surface area contributed by atoms with Crippen molar-refractivity contribution < 1.29 is 29.0 Å². The highest BCUT2D eigenvalue weighted by atomic mass is 16.5. The molecule has 0 radical (unpaired) electrons. The van der Waals surface area contributed by atoms with Crippen LogP contribution in [0.25, 0.3) is 6.08 Å². The van der Waals surface area contributed by atoms with Crippen molar-refractivity contribution in [3.05, 3.63) is 100 Å². The van der Waals surface area contributed by atoms with Gasteiger partial charge in [-0.2, -0.15) is 0 Å². The van der Waals surface area contributed by atoms with Crippen LogP contribution in [-0.4, -0.2) is 49.6 Å². The number of anilines is 1. The van der Waals surface area contributed by atoms with E-state index in [1.807, 2.05) is 26.0 Å². The van der Waals surface area contributed by atoms with Crippen LogP contribution in [0.15, 0.2) is 66.7 Å². The zero-order valence-corrected chi connectivity index (χ0v) is 29.5. The van der Waals surface area contributed by atoms with E-state index in [4.69, 9.17) is 4.74 Å². The number of unbranched alkanes of at least 4 members (excludes halogenated alkanes) is 3. The predicted octanol–water partition coefficient (Wildman–Crippen LogP) is 9.33. The molecular formula is C40H53NO6. The number of aromatic hydroxyl groups is 1. The molecule has 0 spiro atoms. The van der Waals surface area contributed by atoms with E-state index in [2.05, 4.69) is 62.5 Å². The molecule has 254 valence electrons. The minimum absolute atomic E-state index is 0.0952. The molecule has 0 amide bonds. The number of carbonyl (C=O) groups excluding carboxylic acids is 3. The first-order chi connectivity index (χ1) is 22.5. The molecular weight excluding hydrogens is 590 g/mol. The van der Waals surface area contributed by atoms with Crippen molar-refractivity contribution in [1.82, 2.24) is 0 Å². The number of ketones is 1. The van der Waals surface area contributed by atoms with E-state index in [1.165, 1.54) is 24.3 Å². The van der Waals surface area contributed by atoms with E-state index in [1.54, 1.807) is 36.4 Å². The molecule has 0 aromatic heterocycles. The number of esters is 2. The van der Waals surface area contributed by atoms with E-state index in [0.29, 0.717) is 18.4 Å². The highest BCUT2D eigenvalue weighted by molar-refractivity contribution is 6.15. The highest BCUT2D eigenvalue weighted by Gasteiger charge is 2.22. The average Bonchev–Trinajstić information content (AvgIpc) is 3.07. The largest absolute Gasteiger partial charge is 0.507 e. The number of phenols is 1. The van der Waals surface area contributed by atoms with Gasteiger partial charge in [0.25, 0.3) is 0 Å². The van der Waals surface area contributed by atoms with Crippen LogP contribution in [0, 0.1) is 0 Å². The maximum absolute atomic E-state index is 13.0. The molecule has 0 saturated carbocycles. The molecule has 0 aliphatic heterocycles. The first-order valence-corrected chi connectivity index (χ1v) is 16.8. The summed E-state index contributed by atoms with van der Waals surface area (Å²) in [6.45, 7) is 16.8. The molecule has 0 aliphatic carbocycles. The third-order valence-corrected chi connectivity index (χ3v) is 7.98. The smallest absolute Gasteiger partial charge is 0.338 e. The number of hydrogen-bond donors (Lipinski definition) is 1. The second kappa shape index (κ2) is 20.0. The predicted molar refractivity (Wildman–Crippen MR) is 192 cm³/mol. The molecule has 1 N–H and O–H groups in total. The third kappa shape index (κ3) is 11.7. The minimum Gasteiger partial charge on any atom is -0.507 e. The highest BCUT2D eigenvalue weighted by Crippen LogP contribution is 2.28. The molecule has 7 nitrogen and oxygen atoms in total. The lowest BCUT2D eigenvalue weighted by Gasteiger charge is -2.21. The lowest BCUT2D eigenvalue weighted by Crippen LogP contribution is -2.21. The Morgan fingerprint density at radius 3 is 2.06 bits per heavy atom. The summed E-state index contributed by atoms with van der Waals surface area (Å²) in [4.78, 5) is 38.8. The Balaban J connectivity index is 0.000000366. The van der Waals surface area contributed by atoms with Crippen molar-refractivity contribution in [1.29, 1.82) is 0 Å². The van der Waals surface area contributed by atoms with Crippen LogP contribution in [0.4, 0.5) is 5.69 Å². The Morgan fingerprint density at radius 1 is 0.809 bits per heavy atom. The molecule has 0 heterocycles. The summed E-state index contributed by atoms with van der Waals surface area (Å²) in [5, 5.41) is 10.5. The van der Waals surface area contributed by atoms with E-state index >= 15 is 0 Å². The second-order valence-corrected chi connectivity index (χ2v) is 12.0. The van der Waals surface area contributed by atoms with Crippen LogP contribution in [0.2, 0.25) is 0 Å². The van der Waals surface area contributed by atoms with Crippen molar-refractivity contribution in [3.8, 4) is 5.75 Å². The maximum Gasteiger partial charge on any atom is 0.338 e. The van der Waals surface area contributed by atoms with Gasteiger partial charge in [0, 0.05) is 36.5 Å². The van der Waals surface area contributed by atoms with E-state index in [0.717, 1.165) is 50.0 Å². The maximum atomic E-state index is 13.0. The first-order valence-electron chi connectivity index (χ1n) is 16.8. The van der Waals surface area contributed by atoms with E-state index < -0.39 is 11.8 Å². The SMILES string of the molecule is CCCCCCOC(=O)c1ccccc1C(=O)c1ccc(N(CC)CC)cc1O.COC(=O)C=Cc1cc(C(C)C)ccc1C(C)C. The van der Waals surface area contributed by atoms with Gasteiger partial charge in [-0.15, -0.1) is 0 Å². The number of benzene rings is 3. The number of ether oxygens (including phenoxy) is 2. The molecule has 47 heavy (non-hydrogen) atoms. The molecule has 0 unspecified atom stereocenters. The van der Waals surface area contributed by atoms with Crippen molar-refractivity contribution >= 4 is 29.5 Å². The summed E-state index contributed by atoms with van der Waals surface area (Å²) in [6, 6.07) is 18.1. The fraction of sp³-hybridized carbons (Fsp3) is 0.425. The van der Waals surface area contributed by atoms with Gasteiger partial charge in [0.05, 0.1) is 24.8 Å². The number of phenolic OH excluding ortho intramolecular Hbond substituents is 1. The molecule has 3 aromatic carbocycles. The Labute approximate surface area is 281 Å². The van der Waals surface area contributed by atoms with Gasteiger partial charge in [0.1, 0.15) is 5.75 Å². The van der Waals surface area contributed by atoms with E-state index in [-0.39, 0.29) is 28.4 Å². The third-order valence-electron chi connectivity index (χ3n) is 7.98. The Hall–Kier alpha value is -4.39. The fourth-order valence-corrected chi connectivity index (χ4v) is 5.12. The quantitative estimate of drug-likeness (QED) is 0.0763. The van der Waals surface area contributed by atoms with Gasteiger partial charge in [0.2, 0.25) is 0 Å². The summed E-state index contributed by atoms with van der Waals surface area (Å²) < 4.78 is 9.98. The second-order valence-electron chi connectivity index (χ2n) is 12.0. The molecule has 0 atom stereocenters. The van der Waals surface area contributed by atoms with Gasteiger partial charge >= 0.3 is 11.9 Å². The van der Waals surface area contributed by atoms with Gasteiger partial charge < -0.3 is 19.5 Å². The molecule has 0 saturated heterocycles. The van der Waals surface area contributed by atoms with Crippen molar-refractivity contribution in [2.24, 2.45) is 0 Å². The number of nitrogens with zero attached hydrogens (tertiary/aromatic N) is 1. The van der Waals surface area contributed by atoms with E-state index in [9.17, 15) is 19.5 Å². The number of methoxy groups -OCH3 is 1. The lowest BCUT2D eigenvalue weighted by atomic mass is 9.92.